The lowest BCUT2D eigenvalue weighted by molar-refractivity contribution is 0.0697. The summed E-state index contributed by atoms with van der Waals surface area (Å²) in [5.41, 5.74) is 0.531. The molecule has 20 heavy (non-hydrogen) atoms. The fourth-order valence-electron chi connectivity index (χ4n) is 1.86. The summed E-state index contributed by atoms with van der Waals surface area (Å²) >= 11 is 1.50. The quantitative estimate of drug-likeness (QED) is 0.759. The molecular formula is C14H13NO4S. The number of benzene rings is 1. The standard InChI is InChI=1S/C14H13NO4S/c1-7-5-10(8(2)20-7)13(17)15-12-4-3-9(16)6-11(12)14(18)19/h3-6,16H,1-2H3,(H,15,17)(H,18,19). The van der Waals surface area contributed by atoms with Gasteiger partial charge in [-0.25, -0.2) is 4.79 Å². The molecule has 0 radical (unpaired) electrons. The van der Waals surface area contributed by atoms with Crippen molar-refractivity contribution in [3.05, 3.63) is 45.1 Å². The number of carbonyl (C=O) groups is 2. The second-order valence-electron chi connectivity index (χ2n) is 4.32. The van der Waals surface area contributed by atoms with Crippen LogP contribution in [-0.4, -0.2) is 22.1 Å². The van der Waals surface area contributed by atoms with E-state index in [1.165, 1.54) is 23.5 Å². The molecule has 104 valence electrons. The van der Waals surface area contributed by atoms with Crippen LogP contribution >= 0.6 is 11.3 Å². The Morgan fingerprint density at radius 2 is 1.85 bits per heavy atom. The van der Waals surface area contributed by atoms with Gasteiger partial charge in [-0.05, 0) is 38.1 Å². The number of thiophene rings is 1. The number of phenols is 1. The van der Waals surface area contributed by atoms with Crippen molar-refractivity contribution in [2.24, 2.45) is 0 Å². The summed E-state index contributed by atoms with van der Waals surface area (Å²) in [5, 5.41) is 20.9. The van der Waals surface area contributed by atoms with Crippen molar-refractivity contribution in [3.8, 4) is 5.75 Å². The number of carboxylic acid groups (broad SMARTS) is 1. The van der Waals surface area contributed by atoms with E-state index >= 15 is 0 Å². The summed E-state index contributed by atoms with van der Waals surface area (Å²) in [6.07, 6.45) is 0. The normalized spacial score (nSPS) is 10.3. The molecule has 3 N–H and O–H groups in total. The molecule has 0 saturated heterocycles. The third kappa shape index (κ3) is 2.80. The van der Waals surface area contributed by atoms with Gasteiger partial charge >= 0.3 is 5.97 Å². The molecule has 5 nitrogen and oxygen atoms in total. The van der Waals surface area contributed by atoms with Crippen LogP contribution < -0.4 is 5.32 Å². The van der Waals surface area contributed by atoms with Crippen LogP contribution in [0.3, 0.4) is 0 Å². The second-order valence-corrected chi connectivity index (χ2v) is 5.78. The van der Waals surface area contributed by atoms with Crippen molar-refractivity contribution >= 4 is 28.9 Å². The molecule has 0 aliphatic heterocycles. The van der Waals surface area contributed by atoms with Crippen molar-refractivity contribution in [1.82, 2.24) is 0 Å². The number of hydrogen-bond donors (Lipinski definition) is 3. The summed E-state index contributed by atoms with van der Waals surface area (Å²) in [5.74, 6) is -1.74. The van der Waals surface area contributed by atoms with Crippen LogP contribution in [0.1, 0.15) is 30.5 Å². The fourth-order valence-corrected chi connectivity index (χ4v) is 2.79. The van der Waals surface area contributed by atoms with Crippen molar-refractivity contribution in [2.75, 3.05) is 5.32 Å². The lowest BCUT2D eigenvalue weighted by Crippen LogP contribution is -2.14. The average Bonchev–Trinajstić information content (AvgIpc) is 2.70. The molecule has 0 aliphatic carbocycles. The molecule has 6 heteroatoms. The molecule has 0 saturated carbocycles. The molecule has 0 atom stereocenters. The number of amides is 1. The van der Waals surface area contributed by atoms with Gasteiger partial charge in [-0.1, -0.05) is 0 Å². The highest BCUT2D eigenvalue weighted by molar-refractivity contribution is 7.12. The number of aromatic hydroxyl groups is 1. The zero-order chi connectivity index (χ0) is 14.9. The molecule has 1 aromatic carbocycles. The van der Waals surface area contributed by atoms with E-state index in [0.29, 0.717) is 5.56 Å². The maximum absolute atomic E-state index is 12.1. The van der Waals surface area contributed by atoms with Gasteiger partial charge in [-0.3, -0.25) is 4.79 Å². The second kappa shape index (κ2) is 5.34. The maximum atomic E-state index is 12.1. The number of anilines is 1. The first-order valence-corrected chi connectivity index (χ1v) is 6.65. The number of hydrogen-bond acceptors (Lipinski definition) is 4. The van der Waals surface area contributed by atoms with Crippen LogP contribution in [-0.2, 0) is 0 Å². The molecule has 0 spiro atoms. The van der Waals surface area contributed by atoms with Crippen LogP contribution in [0.25, 0.3) is 0 Å². The first-order valence-electron chi connectivity index (χ1n) is 5.83. The first kappa shape index (κ1) is 14.1. The highest BCUT2D eigenvalue weighted by Gasteiger charge is 2.16. The van der Waals surface area contributed by atoms with Crippen molar-refractivity contribution < 1.29 is 19.8 Å². The smallest absolute Gasteiger partial charge is 0.337 e. The first-order chi connectivity index (χ1) is 9.38. The molecular weight excluding hydrogens is 278 g/mol. The molecule has 2 aromatic rings. The summed E-state index contributed by atoms with van der Waals surface area (Å²) in [6, 6.07) is 5.55. The maximum Gasteiger partial charge on any atom is 0.337 e. The number of rotatable bonds is 3. The molecule has 0 unspecified atom stereocenters. The molecule has 1 amide bonds. The topological polar surface area (TPSA) is 86.6 Å². The number of phenolic OH excluding ortho intramolecular Hbond substituents is 1. The molecule has 0 fully saturated rings. The van der Waals surface area contributed by atoms with Crippen LogP contribution in [0.4, 0.5) is 5.69 Å². The zero-order valence-corrected chi connectivity index (χ0v) is 11.7. The minimum atomic E-state index is -1.21. The van der Waals surface area contributed by atoms with E-state index in [0.717, 1.165) is 15.8 Å². The van der Waals surface area contributed by atoms with Gasteiger partial charge in [0.2, 0.25) is 0 Å². The summed E-state index contributed by atoms with van der Waals surface area (Å²) < 4.78 is 0. The van der Waals surface area contributed by atoms with Crippen LogP contribution in [0.15, 0.2) is 24.3 Å². The number of carboxylic acids is 1. The largest absolute Gasteiger partial charge is 0.508 e. The predicted octanol–water partition coefficient (Wildman–Crippen LogP) is 3.02. The average molecular weight is 291 g/mol. The molecule has 0 aliphatic rings. The SMILES string of the molecule is Cc1cc(C(=O)Nc2ccc(O)cc2C(=O)O)c(C)s1. The Bertz CT molecular complexity index is 690. The Morgan fingerprint density at radius 3 is 2.40 bits per heavy atom. The Morgan fingerprint density at radius 1 is 1.15 bits per heavy atom. The van der Waals surface area contributed by atoms with Gasteiger partial charge in [0.1, 0.15) is 5.75 Å². The lowest BCUT2D eigenvalue weighted by atomic mass is 10.1. The van der Waals surface area contributed by atoms with Crippen LogP contribution in [0.2, 0.25) is 0 Å². The lowest BCUT2D eigenvalue weighted by Gasteiger charge is -2.08. The van der Waals surface area contributed by atoms with Crippen molar-refractivity contribution in [2.45, 2.75) is 13.8 Å². The molecule has 1 aromatic heterocycles. The van der Waals surface area contributed by atoms with E-state index in [-0.39, 0.29) is 22.9 Å². The minimum Gasteiger partial charge on any atom is -0.508 e. The third-order valence-corrected chi connectivity index (χ3v) is 3.73. The number of aromatic carboxylic acids is 1. The van der Waals surface area contributed by atoms with Crippen molar-refractivity contribution in [1.29, 1.82) is 0 Å². The summed E-state index contributed by atoms with van der Waals surface area (Å²) in [7, 11) is 0. The van der Waals surface area contributed by atoms with Gasteiger partial charge in [0.15, 0.2) is 0 Å². The highest BCUT2D eigenvalue weighted by atomic mass is 32.1. The minimum absolute atomic E-state index is 0.150. The van der Waals surface area contributed by atoms with Gasteiger partial charge in [-0.2, -0.15) is 0 Å². The highest BCUT2D eigenvalue weighted by Crippen LogP contribution is 2.25. The predicted molar refractivity (Wildman–Crippen MR) is 76.8 cm³/mol. The van der Waals surface area contributed by atoms with E-state index in [9.17, 15) is 14.7 Å². The van der Waals surface area contributed by atoms with E-state index in [1.807, 2.05) is 13.8 Å². The fraction of sp³-hybridized carbons (Fsp3) is 0.143. The molecule has 2 rings (SSSR count). The van der Waals surface area contributed by atoms with Gasteiger partial charge < -0.3 is 15.5 Å². The van der Waals surface area contributed by atoms with E-state index in [1.54, 1.807) is 6.07 Å². The van der Waals surface area contributed by atoms with Crippen molar-refractivity contribution in [3.63, 3.8) is 0 Å². The summed E-state index contributed by atoms with van der Waals surface area (Å²) in [6.45, 7) is 3.74. The Labute approximate surface area is 119 Å². The van der Waals surface area contributed by atoms with Gasteiger partial charge in [0, 0.05) is 9.75 Å². The van der Waals surface area contributed by atoms with Gasteiger partial charge in [0.25, 0.3) is 5.91 Å². The number of carbonyl (C=O) groups excluding carboxylic acids is 1. The van der Waals surface area contributed by atoms with E-state index < -0.39 is 5.97 Å². The zero-order valence-electron chi connectivity index (χ0n) is 10.9. The number of aryl methyl sites for hydroxylation is 2. The van der Waals surface area contributed by atoms with Crippen LogP contribution in [0, 0.1) is 13.8 Å². The number of nitrogens with one attached hydrogen (secondary N) is 1. The summed E-state index contributed by atoms with van der Waals surface area (Å²) in [4.78, 5) is 25.1. The van der Waals surface area contributed by atoms with E-state index in [2.05, 4.69) is 5.32 Å². The third-order valence-electron chi connectivity index (χ3n) is 2.77. The Hall–Kier alpha value is -2.34. The Balaban J connectivity index is 2.33. The molecule has 1 heterocycles. The van der Waals surface area contributed by atoms with Gasteiger partial charge in [-0.15, -0.1) is 11.3 Å². The van der Waals surface area contributed by atoms with E-state index in [4.69, 9.17) is 5.11 Å². The van der Waals surface area contributed by atoms with Gasteiger partial charge in [0.05, 0.1) is 16.8 Å². The van der Waals surface area contributed by atoms with Crippen LogP contribution in [0.5, 0.6) is 5.75 Å². The Kier molecular flexibility index (Phi) is 3.76. The molecule has 0 bridgehead atoms. The monoisotopic (exact) mass is 291 g/mol.